The highest BCUT2D eigenvalue weighted by atomic mass is 32.2. The van der Waals surface area contributed by atoms with Crippen molar-refractivity contribution in [1.29, 1.82) is 0 Å². The van der Waals surface area contributed by atoms with E-state index in [1.54, 1.807) is 17.0 Å². The summed E-state index contributed by atoms with van der Waals surface area (Å²) in [7, 11) is -3.67. The van der Waals surface area contributed by atoms with Crippen LogP contribution in [-0.2, 0) is 21.4 Å². The highest BCUT2D eigenvalue weighted by Gasteiger charge is 2.33. The quantitative estimate of drug-likeness (QED) is 0.650. The van der Waals surface area contributed by atoms with Crippen molar-refractivity contribution >= 4 is 27.0 Å². The molecule has 0 atom stereocenters. The molecule has 2 heterocycles. The van der Waals surface area contributed by atoms with Crippen LogP contribution in [0, 0.1) is 27.7 Å². The lowest BCUT2D eigenvalue weighted by Gasteiger charge is -2.35. The standard InChI is InChI=1S/C23H28N4O4S/c1-15-13-16(2)18(4)22(17(15)3)32(30,31)26-11-9-25(10-12-26)21(28)14-27-20-8-6-5-7-19(20)24-23(27)29/h5-8,13H,9-12,14H2,1-4H3,(H,24,29). The Balaban J connectivity index is 1.50. The predicted molar refractivity (Wildman–Crippen MR) is 123 cm³/mol. The Morgan fingerprint density at radius 3 is 2.19 bits per heavy atom. The van der Waals surface area contributed by atoms with Gasteiger partial charge < -0.3 is 9.88 Å². The van der Waals surface area contributed by atoms with E-state index in [2.05, 4.69) is 4.98 Å². The zero-order valence-electron chi connectivity index (χ0n) is 18.8. The lowest BCUT2D eigenvalue weighted by molar-refractivity contribution is -0.133. The number of imidazole rings is 1. The third kappa shape index (κ3) is 3.75. The molecule has 0 saturated carbocycles. The van der Waals surface area contributed by atoms with Crippen LogP contribution in [0.2, 0.25) is 0 Å². The molecule has 0 aliphatic carbocycles. The third-order valence-electron chi connectivity index (χ3n) is 6.46. The van der Waals surface area contributed by atoms with Gasteiger partial charge in [-0.25, -0.2) is 13.2 Å². The number of piperazine rings is 1. The molecular weight excluding hydrogens is 428 g/mol. The van der Waals surface area contributed by atoms with Gasteiger partial charge in [-0.2, -0.15) is 4.31 Å². The second-order valence-corrected chi connectivity index (χ2v) is 10.3. The Kier molecular flexibility index (Phi) is 5.72. The molecule has 1 saturated heterocycles. The van der Waals surface area contributed by atoms with Gasteiger partial charge in [0, 0.05) is 26.2 Å². The van der Waals surface area contributed by atoms with Crippen LogP contribution in [0.4, 0.5) is 0 Å². The summed E-state index contributed by atoms with van der Waals surface area (Å²) in [6.07, 6.45) is 0. The maximum atomic E-state index is 13.4. The van der Waals surface area contributed by atoms with Crippen molar-refractivity contribution in [2.75, 3.05) is 26.2 Å². The number of aromatic amines is 1. The molecule has 0 radical (unpaired) electrons. The zero-order valence-corrected chi connectivity index (χ0v) is 19.6. The van der Waals surface area contributed by atoms with Gasteiger partial charge in [-0.05, 0) is 62.1 Å². The summed E-state index contributed by atoms with van der Waals surface area (Å²) in [5, 5.41) is 0. The first-order chi connectivity index (χ1) is 15.1. The fourth-order valence-corrected chi connectivity index (χ4v) is 6.37. The maximum Gasteiger partial charge on any atom is 0.326 e. The summed E-state index contributed by atoms with van der Waals surface area (Å²) in [6, 6.07) is 9.23. The molecule has 1 fully saturated rings. The smallest absolute Gasteiger partial charge is 0.326 e. The number of H-pyrrole nitrogens is 1. The lowest BCUT2D eigenvalue weighted by Crippen LogP contribution is -2.51. The zero-order chi connectivity index (χ0) is 23.2. The van der Waals surface area contributed by atoms with Crippen LogP contribution in [0.5, 0.6) is 0 Å². The number of sulfonamides is 1. The van der Waals surface area contributed by atoms with E-state index >= 15 is 0 Å². The number of benzene rings is 2. The first-order valence-electron chi connectivity index (χ1n) is 10.6. The highest BCUT2D eigenvalue weighted by Crippen LogP contribution is 2.29. The second kappa shape index (κ2) is 8.22. The van der Waals surface area contributed by atoms with E-state index < -0.39 is 10.0 Å². The number of fused-ring (bicyclic) bond motifs is 1. The fraction of sp³-hybridized carbons (Fsp3) is 0.391. The van der Waals surface area contributed by atoms with Gasteiger partial charge in [0.25, 0.3) is 0 Å². The number of nitrogens with zero attached hydrogens (tertiary/aromatic N) is 3. The topological polar surface area (TPSA) is 95.5 Å². The first-order valence-corrected chi connectivity index (χ1v) is 12.1. The minimum atomic E-state index is -3.67. The molecule has 0 unspecified atom stereocenters. The molecule has 1 N–H and O–H groups in total. The van der Waals surface area contributed by atoms with Gasteiger partial charge in [-0.15, -0.1) is 0 Å². The minimum Gasteiger partial charge on any atom is -0.338 e. The largest absolute Gasteiger partial charge is 0.338 e. The van der Waals surface area contributed by atoms with E-state index in [4.69, 9.17) is 0 Å². The van der Waals surface area contributed by atoms with Gasteiger partial charge in [-0.3, -0.25) is 9.36 Å². The number of aromatic nitrogens is 2. The molecule has 32 heavy (non-hydrogen) atoms. The SMILES string of the molecule is Cc1cc(C)c(C)c(S(=O)(=O)N2CCN(C(=O)Cn3c(=O)[nH]c4ccccc43)CC2)c1C. The van der Waals surface area contributed by atoms with Gasteiger partial charge in [0.1, 0.15) is 6.54 Å². The number of carbonyl (C=O) groups excluding carboxylic acids is 1. The summed E-state index contributed by atoms with van der Waals surface area (Å²) in [5.41, 5.74) is 4.46. The van der Waals surface area contributed by atoms with Crippen molar-refractivity contribution in [1.82, 2.24) is 18.8 Å². The highest BCUT2D eigenvalue weighted by molar-refractivity contribution is 7.89. The van der Waals surface area contributed by atoms with Crippen LogP contribution in [0.25, 0.3) is 11.0 Å². The second-order valence-electron chi connectivity index (χ2n) is 8.41. The minimum absolute atomic E-state index is 0.0785. The summed E-state index contributed by atoms with van der Waals surface area (Å²) in [4.78, 5) is 29.9. The van der Waals surface area contributed by atoms with Crippen molar-refractivity contribution < 1.29 is 13.2 Å². The van der Waals surface area contributed by atoms with E-state index in [0.717, 1.165) is 22.3 Å². The van der Waals surface area contributed by atoms with Crippen molar-refractivity contribution in [2.24, 2.45) is 0 Å². The van der Waals surface area contributed by atoms with Crippen LogP contribution in [0.15, 0.2) is 40.0 Å². The molecule has 1 aromatic heterocycles. The third-order valence-corrected chi connectivity index (χ3v) is 8.63. The molecule has 9 heteroatoms. The van der Waals surface area contributed by atoms with Gasteiger partial charge in [0.05, 0.1) is 15.9 Å². The number of nitrogens with one attached hydrogen (secondary N) is 1. The average molecular weight is 457 g/mol. The first kappa shape index (κ1) is 22.3. The molecular formula is C23H28N4O4S. The number of hydrogen-bond acceptors (Lipinski definition) is 4. The molecule has 0 spiro atoms. The van der Waals surface area contributed by atoms with Crippen molar-refractivity contribution in [3.05, 3.63) is 63.1 Å². The predicted octanol–water partition coefficient (Wildman–Crippen LogP) is 2.10. The van der Waals surface area contributed by atoms with Crippen LogP contribution < -0.4 is 5.69 Å². The molecule has 0 bridgehead atoms. The molecule has 1 amide bonds. The van der Waals surface area contributed by atoms with Crippen LogP contribution in [0.1, 0.15) is 22.3 Å². The van der Waals surface area contributed by atoms with Crippen molar-refractivity contribution in [3.63, 3.8) is 0 Å². The number of para-hydroxylation sites is 2. The number of carbonyl (C=O) groups is 1. The Morgan fingerprint density at radius 2 is 1.56 bits per heavy atom. The summed E-state index contributed by atoms with van der Waals surface area (Å²) < 4.78 is 29.7. The van der Waals surface area contributed by atoms with Crippen LogP contribution in [0.3, 0.4) is 0 Å². The summed E-state index contributed by atoms with van der Waals surface area (Å²) in [5.74, 6) is -0.201. The van der Waals surface area contributed by atoms with Gasteiger partial charge in [-0.1, -0.05) is 18.2 Å². The van der Waals surface area contributed by atoms with E-state index in [-0.39, 0.29) is 44.3 Å². The van der Waals surface area contributed by atoms with E-state index in [1.807, 2.05) is 45.9 Å². The molecule has 1 aliphatic rings. The molecule has 2 aromatic carbocycles. The van der Waals surface area contributed by atoms with Gasteiger partial charge in [0.15, 0.2) is 0 Å². The van der Waals surface area contributed by atoms with E-state index in [0.29, 0.717) is 15.9 Å². The molecule has 3 aromatic rings. The Labute approximate surface area is 187 Å². The Hall–Kier alpha value is -2.91. The van der Waals surface area contributed by atoms with Crippen molar-refractivity contribution in [3.8, 4) is 0 Å². The Morgan fingerprint density at radius 1 is 0.969 bits per heavy atom. The van der Waals surface area contributed by atoms with Gasteiger partial charge >= 0.3 is 5.69 Å². The fourth-order valence-electron chi connectivity index (χ4n) is 4.37. The van der Waals surface area contributed by atoms with Crippen molar-refractivity contribution in [2.45, 2.75) is 39.1 Å². The normalized spacial score (nSPS) is 15.4. The van der Waals surface area contributed by atoms with Gasteiger partial charge in [0.2, 0.25) is 15.9 Å². The molecule has 8 nitrogen and oxygen atoms in total. The number of rotatable bonds is 4. The number of aryl methyl sites for hydroxylation is 2. The van der Waals surface area contributed by atoms with Crippen LogP contribution in [-0.4, -0.2) is 59.3 Å². The number of amides is 1. The summed E-state index contributed by atoms with van der Waals surface area (Å²) in [6.45, 7) is 8.47. The maximum absolute atomic E-state index is 13.4. The van der Waals surface area contributed by atoms with Crippen LogP contribution >= 0.6 is 0 Å². The molecule has 1 aliphatic heterocycles. The number of hydrogen-bond donors (Lipinski definition) is 1. The van der Waals surface area contributed by atoms with E-state index in [9.17, 15) is 18.0 Å². The average Bonchev–Trinajstić information content (AvgIpc) is 3.07. The monoisotopic (exact) mass is 456 g/mol. The summed E-state index contributed by atoms with van der Waals surface area (Å²) >= 11 is 0. The lowest BCUT2D eigenvalue weighted by atomic mass is 10.0. The molecule has 4 rings (SSSR count). The van der Waals surface area contributed by atoms with E-state index in [1.165, 1.54) is 8.87 Å². The Bertz CT molecular complexity index is 1340. The molecule has 170 valence electrons.